The topological polar surface area (TPSA) is 94.2 Å². The van der Waals surface area contributed by atoms with Gasteiger partial charge in [-0.2, -0.15) is 0 Å². The predicted molar refractivity (Wildman–Crippen MR) is 80.3 cm³/mol. The van der Waals surface area contributed by atoms with Gasteiger partial charge in [0, 0.05) is 18.8 Å². The van der Waals surface area contributed by atoms with E-state index in [1.807, 2.05) is 6.92 Å². The lowest BCUT2D eigenvalue weighted by Gasteiger charge is -2.09. The van der Waals surface area contributed by atoms with Crippen molar-refractivity contribution in [3.63, 3.8) is 0 Å². The molecule has 3 N–H and O–H groups in total. The average molecular weight is 313 g/mol. The molecule has 1 aromatic rings. The highest BCUT2D eigenvalue weighted by molar-refractivity contribution is 7.89. The van der Waals surface area contributed by atoms with E-state index in [1.165, 1.54) is 12.3 Å². The normalized spacial score (nSPS) is 20.3. The maximum Gasteiger partial charge on any atom is 0.268 e. The quantitative estimate of drug-likeness (QED) is 0.877. The summed E-state index contributed by atoms with van der Waals surface area (Å²) in [5.74, 6) is -0.268. The molecule has 1 saturated carbocycles. The average Bonchev–Trinajstić information content (AvgIpc) is 2.73. The van der Waals surface area contributed by atoms with E-state index in [2.05, 4.69) is 33.0 Å². The first-order chi connectivity index (χ1) is 9.42. The summed E-state index contributed by atoms with van der Waals surface area (Å²) in [7, 11) is -3.81. The van der Waals surface area contributed by atoms with Crippen LogP contribution in [0.4, 0.5) is 0 Å². The zero-order valence-corrected chi connectivity index (χ0v) is 13.9. The summed E-state index contributed by atoms with van der Waals surface area (Å²) in [5, 5.41) is 8.12. The van der Waals surface area contributed by atoms with Gasteiger partial charge >= 0.3 is 0 Å². The number of nitrogens with zero attached hydrogens (tertiary/aromatic N) is 1. The molecule has 0 unspecified atom stereocenters. The van der Waals surface area contributed by atoms with Gasteiger partial charge in [0.2, 0.25) is 10.0 Å². The molecule has 1 amide bonds. The lowest BCUT2D eigenvalue weighted by molar-refractivity contribution is 0.0934. The fourth-order valence-corrected chi connectivity index (χ4v) is 3.40. The zero-order chi connectivity index (χ0) is 16.2. The molecule has 0 radical (unpaired) electrons. The third-order valence-corrected chi connectivity index (χ3v) is 5.95. The van der Waals surface area contributed by atoms with Crippen LogP contribution in [0.25, 0.3) is 0 Å². The van der Waals surface area contributed by atoms with Crippen molar-refractivity contribution in [2.45, 2.75) is 52.1 Å². The third kappa shape index (κ3) is 2.48. The van der Waals surface area contributed by atoms with Gasteiger partial charge in [-0.15, -0.1) is 0 Å². The molecule has 2 rings (SSSR count). The first kappa shape index (κ1) is 16.0. The number of hydrogen-bond acceptors (Lipinski definition) is 3. The van der Waals surface area contributed by atoms with Crippen molar-refractivity contribution in [1.82, 2.24) is 9.88 Å². The van der Waals surface area contributed by atoms with Crippen LogP contribution >= 0.6 is 0 Å². The lowest BCUT2D eigenvalue weighted by atomic mass is 10.0. The standard InChI is InChI=1S/C14H23N3O3S/c1-6-17-8-9(21(15,19)20)7-10(17)11(18)16-12-13(2,3)14(12,4)5/h7-8,12H,6H2,1-5H3,(H,16,18)(H2,15,19,20). The van der Waals surface area contributed by atoms with Crippen molar-refractivity contribution in [3.8, 4) is 0 Å². The largest absolute Gasteiger partial charge is 0.347 e. The van der Waals surface area contributed by atoms with Crippen molar-refractivity contribution in [3.05, 3.63) is 18.0 Å². The number of rotatable bonds is 4. The summed E-state index contributed by atoms with van der Waals surface area (Å²) in [6.45, 7) is 10.8. The molecule has 7 heteroatoms. The highest BCUT2D eigenvalue weighted by Gasteiger charge is 2.65. The molecule has 1 heterocycles. The second kappa shape index (κ2) is 4.58. The number of nitrogens with one attached hydrogen (secondary N) is 1. The summed E-state index contributed by atoms with van der Waals surface area (Å²) in [6, 6.07) is 1.40. The van der Waals surface area contributed by atoms with Gasteiger partial charge in [0.05, 0.1) is 0 Å². The summed E-state index contributed by atoms with van der Waals surface area (Å²) in [5.41, 5.74) is 0.365. The van der Waals surface area contributed by atoms with E-state index in [9.17, 15) is 13.2 Å². The molecule has 118 valence electrons. The van der Waals surface area contributed by atoms with E-state index in [4.69, 9.17) is 5.14 Å². The van der Waals surface area contributed by atoms with E-state index in [-0.39, 0.29) is 27.7 Å². The van der Waals surface area contributed by atoms with Gasteiger partial charge in [-0.25, -0.2) is 13.6 Å². The second-order valence-corrected chi connectivity index (χ2v) is 8.30. The molecule has 0 bridgehead atoms. The maximum absolute atomic E-state index is 12.4. The van der Waals surface area contributed by atoms with Crippen LogP contribution in [0.3, 0.4) is 0 Å². The SMILES string of the molecule is CCn1cc(S(N)(=O)=O)cc1C(=O)NC1C(C)(C)C1(C)C. The van der Waals surface area contributed by atoms with E-state index in [0.717, 1.165) is 0 Å². The Morgan fingerprint density at radius 2 is 1.86 bits per heavy atom. The maximum atomic E-state index is 12.4. The van der Waals surface area contributed by atoms with Crippen LogP contribution in [0.5, 0.6) is 0 Å². The van der Waals surface area contributed by atoms with Gasteiger partial charge in [0.1, 0.15) is 10.6 Å². The minimum Gasteiger partial charge on any atom is -0.347 e. The minimum atomic E-state index is -3.81. The molecule has 21 heavy (non-hydrogen) atoms. The molecule has 1 fully saturated rings. The van der Waals surface area contributed by atoms with Crippen LogP contribution in [0.2, 0.25) is 0 Å². The Balaban J connectivity index is 2.27. The summed E-state index contributed by atoms with van der Waals surface area (Å²) in [4.78, 5) is 12.4. The van der Waals surface area contributed by atoms with Crippen LogP contribution in [0, 0.1) is 10.8 Å². The Kier molecular flexibility index (Phi) is 3.50. The van der Waals surface area contributed by atoms with Crippen molar-refractivity contribution in [2.75, 3.05) is 0 Å². The lowest BCUT2D eigenvalue weighted by Crippen LogP contribution is -2.31. The molecule has 0 aliphatic heterocycles. The minimum absolute atomic E-state index is 0.0229. The smallest absolute Gasteiger partial charge is 0.268 e. The Bertz CT molecular complexity index is 672. The highest BCUT2D eigenvalue weighted by atomic mass is 32.2. The molecular formula is C14H23N3O3S. The second-order valence-electron chi connectivity index (χ2n) is 6.74. The number of nitrogens with two attached hydrogens (primary N) is 1. The molecule has 1 aliphatic rings. The molecule has 1 aliphatic carbocycles. The van der Waals surface area contributed by atoms with Gasteiger partial charge < -0.3 is 9.88 Å². The first-order valence-electron chi connectivity index (χ1n) is 6.96. The summed E-state index contributed by atoms with van der Waals surface area (Å²) in [6.07, 6.45) is 1.40. The van der Waals surface area contributed by atoms with Gasteiger partial charge in [0.15, 0.2) is 0 Å². The molecule has 0 spiro atoms. The number of sulfonamides is 1. The monoisotopic (exact) mass is 313 g/mol. The molecule has 0 aromatic carbocycles. The molecule has 6 nitrogen and oxygen atoms in total. The van der Waals surface area contributed by atoms with Crippen LogP contribution in [-0.2, 0) is 16.6 Å². The Labute approximate surface area is 125 Å². The number of hydrogen-bond donors (Lipinski definition) is 2. The van der Waals surface area contributed by atoms with Gasteiger partial charge in [0.25, 0.3) is 5.91 Å². The highest BCUT2D eigenvalue weighted by Crippen LogP contribution is 2.62. The van der Waals surface area contributed by atoms with E-state index in [0.29, 0.717) is 12.2 Å². The number of aryl methyl sites for hydroxylation is 1. The Morgan fingerprint density at radius 3 is 2.24 bits per heavy atom. The van der Waals surface area contributed by atoms with Crippen molar-refractivity contribution in [1.29, 1.82) is 0 Å². The third-order valence-electron chi connectivity index (χ3n) is 5.07. The van der Waals surface area contributed by atoms with Gasteiger partial charge in [-0.3, -0.25) is 4.79 Å². The molecule has 0 saturated heterocycles. The number of amides is 1. The Morgan fingerprint density at radius 1 is 1.33 bits per heavy atom. The summed E-state index contributed by atoms with van der Waals surface area (Å²) < 4.78 is 24.4. The van der Waals surface area contributed by atoms with E-state index >= 15 is 0 Å². The molecular weight excluding hydrogens is 290 g/mol. The van der Waals surface area contributed by atoms with E-state index < -0.39 is 10.0 Å². The fraction of sp³-hybridized carbons (Fsp3) is 0.643. The number of aromatic nitrogens is 1. The predicted octanol–water partition coefficient (Wildman–Crippen LogP) is 1.32. The molecule has 0 atom stereocenters. The van der Waals surface area contributed by atoms with Crippen LogP contribution in [0.1, 0.15) is 45.1 Å². The number of carbonyl (C=O) groups excluding carboxylic acids is 1. The number of carbonyl (C=O) groups is 1. The van der Waals surface area contributed by atoms with Gasteiger partial charge in [-0.05, 0) is 23.8 Å². The van der Waals surface area contributed by atoms with Crippen LogP contribution in [-0.4, -0.2) is 24.9 Å². The molecule has 1 aromatic heterocycles. The van der Waals surface area contributed by atoms with E-state index in [1.54, 1.807) is 4.57 Å². The van der Waals surface area contributed by atoms with Crippen molar-refractivity contribution >= 4 is 15.9 Å². The van der Waals surface area contributed by atoms with Crippen LogP contribution < -0.4 is 10.5 Å². The Hall–Kier alpha value is -1.34. The number of primary sulfonamides is 1. The van der Waals surface area contributed by atoms with Crippen LogP contribution in [0.15, 0.2) is 17.2 Å². The zero-order valence-electron chi connectivity index (χ0n) is 13.1. The van der Waals surface area contributed by atoms with Gasteiger partial charge in [-0.1, -0.05) is 27.7 Å². The van der Waals surface area contributed by atoms with Crippen molar-refractivity contribution < 1.29 is 13.2 Å². The summed E-state index contributed by atoms with van der Waals surface area (Å²) >= 11 is 0. The first-order valence-corrected chi connectivity index (χ1v) is 8.51. The fourth-order valence-electron chi connectivity index (χ4n) is 2.85. The van der Waals surface area contributed by atoms with Crippen molar-refractivity contribution in [2.24, 2.45) is 16.0 Å².